The summed E-state index contributed by atoms with van der Waals surface area (Å²) in [5, 5.41) is 0. The first-order chi connectivity index (χ1) is 9.08. The van der Waals surface area contributed by atoms with Crippen LogP contribution in [0.1, 0.15) is 31.4 Å². The molecule has 0 aliphatic heterocycles. The smallest absolute Gasteiger partial charge is 0.126 e. The van der Waals surface area contributed by atoms with Gasteiger partial charge in [0.15, 0.2) is 0 Å². The van der Waals surface area contributed by atoms with Crippen molar-refractivity contribution >= 4 is 0 Å². The van der Waals surface area contributed by atoms with Gasteiger partial charge in [-0.2, -0.15) is 0 Å². The Morgan fingerprint density at radius 1 is 1.05 bits per heavy atom. The van der Waals surface area contributed by atoms with Gasteiger partial charge in [-0.15, -0.1) is 0 Å². The lowest BCUT2D eigenvalue weighted by Gasteiger charge is -2.12. The van der Waals surface area contributed by atoms with Crippen LogP contribution in [-0.2, 0) is 6.42 Å². The van der Waals surface area contributed by atoms with Gasteiger partial charge in [-0.1, -0.05) is 44.2 Å². The number of hydrogen-bond acceptors (Lipinski definition) is 0. The molecule has 0 heterocycles. The number of halogens is 1. The highest BCUT2D eigenvalue weighted by atomic mass is 19.1. The lowest BCUT2D eigenvalue weighted by Crippen LogP contribution is -1.95. The fraction of sp³-hybridized carbons (Fsp3) is 0.333. The molecular weight excluding hydrogens is 235 g/mol. The average molecular weight is 256 g/mol. The molecule has 0 fully saturated rings. The molecule has 2 aromatic rings. The van der Waals surface area contributed by atoms with Crippen molar-refractivity contribution in [3.8, 4) is 11.1 Å². The van der Waals surface area contributed by atoms with E-state index in [2.05, 4.69) is 32.0 Å². The summed E-state index contributed by atoms with van der Waals surface area (Å²) in [4.78, 5) is 0. The molecule has 0 spiro atoms. The summed E-state index contributed by atoms with van der Waals surface area (Å²) in [5.74, 6) is 0.562. The van der Waals surface area contributed by atoms with Crippen molar-refractivity contribution in [2.45, 2.75) is 33.6 Å². The van der Waals surface area contributed by atoms with Gasteiger partial charge in [-0.05, 0) is 60.1 Å². The monoisotopic (exact) mass is 256 g/mol. The number of hydrogen-bond donors (Lipinski definition) is 0. The Bertz CT molecular complexity index is 555. The van der Waals surface area contributed by atoms with E-state index in [0.717, 1.165) is 12.0 Å². The zero-order valence-corrected chi connectivity index (χ0v) is 11.9. The Hall–Kier alpha value is -1.63. The van der Waals surface area contributed by atoms with E-state index >= 15 is 0 Å². The molecule has 0 radical (unpaired) electrons. The summed E-state index contributed by atoms with van der Waals surface area (Å²) in [6, 6.07) is 13.8. The molecule has 0 aromatic heterocycles. The van der Waals surface area contributed by atoms with Gasteiger partial charge in [0, 0.05) is 0 Å². The van der Waals surface area contributed by atoms with Crippen LogP contribution in [0.3, 0.4) is 0 Å². The summed E-state index contributed by atoms with van der Waals surface area (Å²) in [6.07, 6.45) is 2.25. The van der Waals surface area contributed by atoms with Gasteiger partial charge in [0.25, 0.3) is 0 Å². The lowest BCUT2D eigenvalue weighted by molar-refractivity contribution is 0.587. The van der Waals surface area contributed by atoms with E-state index in [9.17, 15) is 4.39 Å². The van der Waals surface area contributed by atoms with Crippen LogP contribution in [0.25, 0.3) is 11.1 Å². The molecule has 0 atom stereocenters. The molecule has 0 nitrogen and oxygen atoms in total. The molecule has 0 N–H and O–H groups in total. The minimum Gasteiger partial charge on any atom is -0.207 e. The summed E-state index contributed by atoms with van der Waals surface area (Å²) in [7, 11) is 0. The molecule has 0 saturated heterocycles. The second kappa shape index (κ2) is 6.01. The second-order valence-electron chi connectivity index (χ2n) is 5.55. The van der Waals surface area contributed by atoms with Gasteiger partial charge < -0.3 is 0 Å². The van der Waals surface area contributed by atoms with Crippen molar-refractivity contribution in [3.05, 3.63) is 59.4 Å². The number of benzene rings is 2. The SMILES string of the molecule is Cc1cc(-c2ccccc2CCC(C)C)ccc1F. The predicted molar refractivity (Wildman–Crippen MR) is 79.7 cm³/mol. The molecular formula is C18H21F. The van der Waals surface area contributed by atoms with Crippen molar-refractivity contribution < 1.29 is 4.39 Å². The Labute approximate surface area is 115 Å². The first kappa shape index (κ1) is 13.8. The molecule has 0 amide bonds. The Morgan fingerprint density at radius 2 is 1.79 bits per heavy atom. The average Bonchev–Trinajstić information content (AvgIpc) is 2.40. The van der Waals surface area contributed by atoms with Gasteiger partial charge >= 0.3 is 0 Å². The van der Waals surface area contributed by atoms with E-state index in [1.165, 1.54) is 17.5 Å². The van der Waals surface area contributed by atoms with Gasteiger partial charge in [0.1, 0.15) is 5.82 Å². The standard InChI is InChI=1S/C18H21F/c1-13(2)8-9-15-6-4-5-7-17(15)16-10-11-18(19)14(3)12-16/h4-7,10-13H,8-9H2,1-3H3. The normalized spacial score (nSPS) is 11.0. The lowest BCUT2D eigenvalue weighted by atomic mass is 9.93. The molecule has 2 rings (SSSR count). The third-order valence-electron chi connectivity index (χ3n) is 3.48. The number of rotatable bonds is 4. The summed E-state index contributed by atoms with van der Waals surface area (Å²) >= 11 is 0. The zero-order chi connectivity index (χ0) is 13.8. The predicted octanol–water partition coefficient (Wildman–Crippen LogP) is 5.39. The Kier molecular flexibility index (Phi) is 4.36. The largest absolute Gasteiger partial charge is 0.207 e. The van der Waals surface area contributed by atoms with Crippen molar-refractivity contribution in [3.63, 3.8) is 0 Å². The highest BCUT2D eigenvalue weighted by molar-refractivity contribution is 5.68. The van der Waals surface area contributed by atoms with Crippen LogP contribution in [0.2, 0.25) is 0 Å². The quantitative estimate of drug-likeness (QED) is 0.688. The van der Waals surface area contributed by atoms with Gasteiger partial charge in [-0.25, -0.2) is 4.39 Å². The van der Waals surface area contributed by atoms with Crippen LogP contribution in [0.4, 0.5) is 4.39 Å². The zero-order valence-electron chi connectivity index (χ0n) is 11.9. The third-order valence-corrected chi connectivity index (χ3v) is 3.48. The molecule has 0 aliphatic carbocycles. The third kappa shape index (κ3) is 3.44. The van der Waals surface area contributed by atoms with Crippen LogP contribution < -0.4 is 0 Å². The minimum atomic E-state index is -0.136. The maximum absolute atomic E-state index is 13.4. The van der Waals surface area contributed by atoms with Crippen LogP contribution in [0.5, 0.6) is 0 Å². The van der Waals surface area contributed by atoms with Crippen molar-refractivity contribution in [2.75, 3.05) is 0 Å². The highest BCUT2D eigenvalue weighted by Crippen LogP contribution is 2.27. The maximum atomic E-state index is 13.4. The molecule has 0 unspecified atom stereocenters. The topological polar surface area (TPSA) is 0 Å². The fourth-order valence-corrected chi connectivity index (χ4v) is 2.28. The number of aryl methyl sites for hydroxylation is 2. The molecule has 0 aliphatic rings. The van der Waals surface area contributed by atoms with Crippen molar-refractivity contribution in [1.82, 2.24) is 0 Å². The van der Waals surface area contributed by atoms with E-state index in [-0.39, 0.29) is 5.82 Å². The molecule has 19 heavy (non-hydrogen) atoms. The molecule has 0 saturated carbocycles. The molecule has 1 heteroatoms. The second-order valence-corrected chi connectivity index (χ2v) is 5.55. The molecule has 2 aromatic carbocycles. The van der Waals surface area contributed by atoms with E-state index < -0.39 is 0 Å². The summed E-state index contributed by atoms with van der Waals surface area (Å²) < 4.78 is 13.4. The Balaban J connectivity index is 2.35. The first-order valence-electron chi connectivity index (χ1n) is 6.92. The van der Waals surface area contributed by atoms with Crippen molar-refractivity contribution in [2.24, 2.45) is 5.92 Å². The maximum Gasteiger partial charge on any atom is 0.126 e. The van der Waals surface area contributed by atoms with Crippen LogP contribution >= 0.6 is 0 Å². The van der Waals surface area contributed by atoms with Gasteiger partial charge in [0.05, 0.1) is 0 Å². The van der Waals surface area contributed by atoms with E-state index in [1.807, 2.05) is 25.1 Å². The minimum absolute atomic E-state index is 0.136. The Morgan fingerprint density at radius 3 is 2.47 bits per heavy atom. The van der Waals surface area contributed by atoms with Crippen LogP contribution in [0.15, 0.2) is 42.5 Å². The summed E-state index contributed by atoms with van der Waals surface area (Å²) in [5.41, 5.74) is 4.39. The van der Waals surface area contributed by atoms with Gasteiger partial charge in [0.2, 0.25) is 0 Å². The van der Waals surface area contributed by atoms with Gasteiger partial charge in [-0.3, -0.25) is 0 Å². The van der Waals surface area contributed by atoms with Crippen molar-refractivity contribution in [1.29, 1.82) is 0 Å². The first-order valence-corrected chi connectivity index (χ1v) is 6.92. The van der Waals surface area contributed by atoms with E-state index in [0.29, 0.717) is 11.5 Å². The summed E-state index contributed by atoms with van der Waals surface area (Å²) in [6.45, 7) is 6.30. The van der Waals surface area contributed by atoms with Crippen LogP contribution in [0, 0.1) is 18.7 Å². The van der Waals surface area contributed by atoms with Crippen LogP contribution in [-0.4, -0.2) is 0 Å². The molecule has 100 valence electrons. The highest BCUT2D eigenvalue weighted by Gasteiger charge is 2.07. The molecule has 0 bridgehead atoms. The van der Waals surface area contributed by atoms with E-state index in [4.69, 9.17) is 0 Å². The van der Waals surface area contributed by atoms with E-state index in [1.54, 1.807) is 6.07 Å². The fourth-order valence-electron chi connectivity index (χ4n) is 2.28.